The Morgan fingerprint density at radius 2 is 2.06 bits per heavy atom. The third-order valence-corrected chi connectivity index (χ3v) is 9.28. The highest BCUT2D eigenvalue weighted by molar-refractivity contribution is 7.99. The molecule has 1 aromatic carbocycles. The van der Waals surface area contributed by atoms with Crippen molar-refractivity contribution >= 4 is 28.6 Å². The lowest BCUT2D eigenvalue weighted by molar-refractivity contribution is -0.139. The molecule has 2 aromatic rings. The molecule has 3 atom stereocenters. The van der Waals surface area contributed by atoms with Gasteiger partial charge in [0, 0.05) is 42.1 Å². The number of piperidine rings is 1. The Labute approximate surface area is 219 Å². The molecule has 1 aromatic heterocycles. The summed E-state index contributed by atoms with van der Waals surface area (Å²) in [5.41, 5.74) is 5.23. The molecule has 0 bridgehead atoms. The van der Waals surface area contributed by atoms with E-state index in [-0.39, 0.29) is 18.4 Å². The maximum atomic E-state index is 11.7. The van der Waals surface area contributed by atoms with Gasteiger partial charge in [-0.05, 0) is 80.3 Å². The molecule has 8 heteroatoms. The predicted molar refractivity (Wildman–Crippen MR) is 145 cm³/mol. The number of hydrogen-bond donors (Lipinski definition) is 2. The van der Waals surface area contributed by atoms with E-state index in [0.717, 1.165) is 72.1 Å². The van der Waals surface area contributed by atoms with Crippen LogP contribution in [0.2, 0.25) is 0 Å². The minimum Gasteiger partial charge on any atom is -0.497 e. The summed E-state index contributed by atoms with van der Waals surface area (Å²) in [6.45, 7) is 3.02. The van der Waals surface area contributed by atoms with Crippen molar-refractivity contribution < 1.29 is 19.5 Å². The molecule has 36 heavy (non-hydrogen) atoms. The number of fused-ring (bicyclic) bond motifs is 1. The Morgan fingerprint density at radius 1 is 1.22 bits per heavy atom. The molecule has 2 aliphatic rings. The average molecular weight is 516 g/mol. The number of carbonyl (C=O) groups is 1. The number of nitrogens with one attached hydrogen (secondary N) is 1. The topological polar surface area (TPSA) is 83.9 Å². The molecule has 1 unspecified atom stereocenters. The van der Waals surface area contributed by atoms with Gasteiger partial charge < -0.3 is 19.6 Å². The molecule has 2 heterocycles. The molecular formula is C28H41N3O4S. The summed E-state index contributed by atoms with van der Waals surface area (Å²) in [5.74, 6) is 1.85. The summed E-state index contributed by atoms with van der Waals surface area (Å²) in [5, 5.41) is 11.5. The highest BCUT2D eigenvalue weighted by atomic mass is 32.2. The van der Waals surface area contributed by atoms with Crippen LogP contribution in [-0.4, -0.2) is 65.8 Å². The highest BCUT2D eigenvalue weighted by Gasteiger charge is 2.31. The number of benzene rings is 1. The number of thioether (sulfide) groups is 1. The van der Waals surface area contributed by atoms with Crippen molar-refractivity contribution in [1.29, 1.82) is 0 Å². The van der Waals surface area contributed by atoms with Crippen LogP contribution in [0.3, 0.4) is 0 Å². The Bertz CT molecular complexity index is 984. The molecule has 198 valence electrons. The van der Waals surface area contributed by atoms with E-state index in [1.165, 1.54) is 25.7 Å². The van der Waals surface area contributed by atoms with Gasteiger partial charge >= 0.3 is 5.97 Å². The zero-order chi connectivity index (χ0) is 25.3. The van der Waals surface area contributed by atoms with Gasteiger partial charge in [0.2, 0.25) is 0 Å². The fourth-order valence-corrected chi connectivity index (χ4v) is 7.34. The number of aromatic nitrogens is 1. The SMILES string of the molecule is CONC(CC[C@@H]1CCN(CCSC2CCCC2)C[C@@H]1CC(=O)O)c1ccnc2ccc(OC)cc12. The first-order valence-electron chi connectivity index (χ1n) is 13.3. The molecule has 0 radical (unpaired) electrons. The van der Waals surface area contributed by atoms with Crippen molar-refractivity contribution in [3.05, 3.63) is 36.0 Å². The van der Waals surface area contributed by atoms with Crippen LogP contribution < -0.4 is 10.2 Å². The van der Waals surface area contributed by atoms with E-state index in [9.17, 15) is 9.90 Å². The minimum atomic E-state index is -0.689. The quantitative estimate of drug-likeness (QED) is 0.348. The number of rotatable bonds is 13. The van der Waals surface area contributed by atoms with E-state index >= 15 is 0 Å². The summed E-state index contributed by atoms with van der Waals surface area (Å²) >= 11 is 2.12. The van der Waals surface area contributed by atoms with E-state index in [2.05, 4.69) is 27.1 Å². The van der Waals surface area contributed by atoms with Gasteiger partial charge in [-0.2, -0.15) is 17.2 Å². The number of likely N-dealkylation sites (tertiary alicyclic amines) is 1. The molecule has 4 rings (SSSR count). The van der Waals surface area contributed by atoms with Crippen LogP contribution in [0.1, 0.15) is 63.0 Å². The van der Waals surface area contributed by atoms with E-state index in [0.29, 0.717) is 5.92 Å². The molecule has 0 amide bonds. The first kappa shape index (κ1) is 27.2. The van der Waals surface area contributed by atoms with Crippen LogP contribution in [0.5, 0.6) is 5.75 Å². The second-order valence-corrected chi connectivity index (χ2v) is 11.6. The summed E-state index contributed by atoms with van der Waals surface area (Å²) in [4.78, 5) is 24.1. The van der Waals surface area contributed by atoms with Crippen molar-refractivity contribution in [1.82, 2.24) is 15.4 Å². The number of nitrogens with zero attached hydrogens (tertiary/aromatic N) is 2. The van der Waals surface area contributed by atoms with Crippen molar-refractivity contribution in [2.24, 2.45) is 11.8 Å². The fourth-order valence-electron chi connectivity index (χ4n) is 5.98. The zero-order valence-electron chi connectivity index (χ0n) is 21.7. The van der Waals surface area contributed by atoms with Crippen LogP contribution in [-0.2, 0) is 9.63 Å². The predicted octanol–water partition coefficient (Wildman–Crippen LogP) is 5.30. The number of carboxylic acid groups (broad SMARTS) is 1. The van der Waals surface area contributed by atoms with E-state index < -0.39 is 5.97 Å². The highest BCUT2D eigenvalue weighted by Crippen LogP contribution is 2.35. The van der Waals surface area contributed by atoms with Crippen LogP contribution >= 0.6 is 11.8 Å². The number of methoxy groups -OCH3 is 1. The van der Waals surface area contributed by atoms with Crippen LogP contribution in [0.4, 0.5) is 0 Å². The average Bonchev–Trinajstić information content (AvgIpc) is 3.40. The lowest BCUT2D eigenvalue weighted by Crippen LogP contribution is -2.42. The standard InChI is InChI=1S/C28H41N3O4S/c1-34-22-8-10-26-25(18-22)24(11-13-29-26)27(30-35-2)9-7-20-12-14-31(19-21(20)17-28(32)33)15-16-36-23-5-3-4-6-23/h8,10-11,13,18,20-21,23,27,30H,3-7,9,12,14-17,19H2,1-2H3,(H,32,33)/t20-,21+,27?/m1/s1. The van der Waals surface area contributed by atoms with Crippen molar-refractivity contribution in [3.8, 4) is 5.75 Å². The van der Waals surface area contributed by atoms with E-state index in [4.69, 9.17) is 9.57 Å². The molecule has 1 aliphatic heterocycles. The molecule has 0 spiro atoms. The number of ether oxygens (including phenoxy) is 1. The number of pyridine rings is 1. The maximum Gasteiger partial charge on any atom is 0.303 e. The van der Waals surface area contributed by atoms with Gasteiger partial charge in [-0.1, -0.05) is 12.8 Å². The van der Waals surface area contributed by atoms with Gasteiger partial charge in [0.05, 0.1) is 25.8 Å². The van der Waals surface area contributed by atoms with Crippen molar-refractivity contribution in [2.45, 2.75) is 62.7 Å². The van der Waals surface area contributed by atoms with Gasteiger partial charge in [-0.15, -0.1) is 0 Å². The smallest absolute Gasteiger partial charge is 0.303 e. The monoisotopic (exact) mass is 515 g/mol. The second kappa shape index (κ2) is 13.6. The number of hydrogen-bond acceptors (Lipinski definition) is 7. The largest absolute Gasteiger partial charge is 0.497 e. The molecule has 2 fully saturated rings. The third kappa shape index (κ3) is 7.34. The maximum absolute atomic E-state index is 11.7. The van der Waals surface area contributed by atoms with Crippen LogP contribution in [0.25, 0.3) is 10.9 Å². The number of hydroxylamine groups is 1. The Morgan fingerprint density at radius 3 is 2.81 bits per heavy atom. The van der Waals surface area contributed by atoms with Crippen molar-refractivity contribution in [3.63, 3.8) is 0 Å². The summed E-state index contributed by atoms with van der Waals surface area (Å²) in [6.07, 6.45) is 10.4. The van der Waals surface area contributed by atoms with Gasteiger partial charge in [-0.3, -0.25) is 9.78 Å². The molecular weight excluding hydrogens is 474 g/mol. The number of carboxylic acids is 1. The summed E-state index contributed by atoms with van der Waals surface area (Å²) in [6, 6.07) is 7.95. The van der Waals surface area contributed by atoms with Gasteiger partial charge in [-0.25, -0.2) is 0 Å². The molecule has 1 aliphatic carbocycles. The second-order valence-electron chi connectivity index (χ2n) is 10.2. The minimum absolute atomic E-state index is 0.0149. The Hall–Kier alpha value is -1.87. The van der Waals surface area contributed by atoms with Crippen LogP contribution in [0, 0.1) is 11.8 Å². The third-order valence-electron chi connectivity index (χ3n) is 7.92. The summed E-state index contributed by atoms with van der Waals surface area (Å²) < 4.78 is 5.45. The first-order valence-corrected chi connectivity index (χ1v) is 14.4. The fraction of sp³-hybridized carbons (Fsp3) is 0.643. The first-order chi connectivity index (χ1) is 17.6. The van der Waals surface area contributed by atoms with Crippen LogP contribution in [0.15, 0.2) is 30.5 Å². The lowest BCUT2D eigenvalue weighted by atomic mass is 9.79. The molecule has 2 N–H and O–H groups in total. The summed E-state index contributed by atoms with van der Waals surface area (Å²) in [7, 11) is 3.32. The van der Waals surface area contributed by atoms with Crippen molar-refractivity contribution in [2.75, 3.05) is 39.6 Å². The normalized spacial score (nSPS) is 22.2. The Balaban J connectivity index is 1.39. The zero-order valence-corrected chi connectivity index (χ0v) is 22.5. The van der Waals surface area contributed by atoms with Gasteiger partial charge in [0.1, 0.15) is 5.75 Å². The molecule has 1 saturated carbocycles. The van der Waals surface area contributed by atoms with Gasteiger partial charge in [0.25, 0.3) is 0 Å². The van der Waals surface area contributed by atoms with E-state index in [1.54, 1.807) is 14.2 Å². The lowest BCUT2D eigenvalue weighted by Gasteiger charge is -2.39. The van der Waals surface area contributed by atoms with E-state index in [1.807, 2.05) is 30.5 Å². The molecule has 1 saturated heterocycles. The van der Waals surface area contributed by atoms with Gasteiger partial charge in [0.15, 0.2) is 0 Å². The molecule has 7 nitrogen and oxygen atoms in total. The number of aliphatic carboxylic acids is 1. The Kier molecular flexibility index (Phi) is 10.3.